The van der Waals surface area contributed by atoms with Crippen LogP contribution in [-0.2, 0) is 13.0 Å². The van der Waals surface area contributed by atoms with Crippen molar-refractivity contribution in [3.05, 3.63) is 45.9 Å². The Labute approximate surface area is 143 Å². The average molecular weight is 330 g/mol. The fourth-order valence-electron chi connectivity index (χ4n) is 4.02. The molecule has 0 fully saturated rings. The highest BCUT2D eigenvalue weighted by molar-refractivity contribution is 7.09. The van der Waals surface area contributed by atoms with E-state index in [9.17, 15) is 0 Å². The fraction of sp³-hybridized carbons (Fsp3) is 0.550. The van der Waals surface area contributed by atoms with E-state index in [1.54, 1.807) is 16.9 Å². The van der Waals surface area contributed by atoms with Crippen molar-refractivity contribution >= 4 is 11.3 Å². The molecule has 0 N–H and O–H groups in total. The van der Waals surface area contributed by atoms with Gasteiger partial charge < -0.3 is 4.74 Å². The third kappa shape index (κ3) is 3.60. The lowest BCUT2D eigenvalue weighted by molar-refractivity contribution is 0.235. The molecule has 0 saturated heterocycles. The summed E-state index contributed by atoms with van der Waals surface area (Å²) in [5, 5.41) is 3.02. The summed E-state index contributed by atoms with van der Waals surface area (Å²) < 4.78 is 5.93. The molecular formula is C20H27NOS. The average Bonchev–Trinajstić information content (AvgIpc) is 3.04. The van der Waals surface area contributed by atoms with Crippen LogP contribution in [0.1, 0.15) is 56.2 Å². The Kier molecular flexibility index (Phi) is 5.05. The molecule has 1 aromatic carbocycles. The molecule has 2 unspecified atom stereocenters. The second-order valence-electron chi connectivity index (χ2n) is 7.29. The van der Waals surface area contributed by atoms with Gasteiger partial charge in [-0.3, -0.25) is 0 Å². The Morgan fingerprint density at radius 3 is 2.70 bits per heavy atom. The van der Waals surface area contributed by atoms with Crippen molar-refractivity contribution in [3.63, 3.8) is 0 Å². The SMILES string of the molecule is CC(C)C1CCc2cc(OCc3nccs3)ccc2C1C(C)C. The van der Waals surface area contributed by atoms with Gasteiger partial charge in [-0.2, -0.15) is 0 Å². The first kappa shape index (κ1) is 16.5. The molecule has 1 aliphatic rings. The van der Waals surface area contributed by atoms with Crippen LogP contribution in [0.4, 0.5) is 0 Å². The molecule has 3 rings (SSSR count). The van der Waals surface area contributed by atoms with E-state index in [0.29, 0.717) is 18.4 Å². The van der Waals surface area contributed by atoms with Crippen LogP contribution in [0.5, 0.6) is 5.75 Å². The van der Waals surface area contributed by atoms with E-state index in [1.165, 1.54) is 18.4 Å². The Morgan fingerprint density at radius 2 is 2.04 bits per heavy atom. The minimum Gasteiger partial charge on any atom is -0.486 e. The molecule has 1 heterocycles. The lowest BCUT2D eigenvalue weighted by atomic mass is 9.66. The largest absolute Gasteiger partial charge is 0.486 e. The molecule has 0 spiro atoms. The zero-order valence-electron chi connectivity index (χ0n) is 14.6. The second-order valence-corrected chi connectivity index (χ2v) is 8.27. The molecular weight excluding hydrogens is 302 g/mol. The molecule has 0 radical (unpaired) electrons. The van der Waals surface area contributed by atoms with Crippen molar-refractivity contribution in [2.45, 2.75) is 53.1 Å². The summed E-state index contributed by atoms with van der Waals surface area (Å²) in [6.45, 7) is 10.0. The number of rotatable bonds is 5. The normalized spacial score (nSPS) is 20.8. The minimum absolute atomic E-state index is 0.568. The fourth-order valence-corrected chi connectivity index (χ4v) is 4.54. The standard InChI is InChI=1S/C20H27NOS/c1-13(2)17-7-5-15-11-16(22-12-19-21-9-10-23-19)6-8-18(15)20(17)14(3)4/h6,8-11,13-14,17,20H,5,7,12H2,1-4H3. The second kappa shape index (κ2) is 7.04. The highest BCUT2D eigenvalue weighted by atomic mass is 32.1. The van der Waals surface area contributed by atoms with Crippen molar-refractivity contribution in [2.75, 3.05) is 0 Å². The molecule has 23 heavy (non-hydrogen) atoms. The molecule has 1 aromatic heterocycles. The quantitative estimate of drug-likeness (QED) is 0.704. The van der Waals surface area contributed by atoms with Gasteiger partial charge in [-0.05, 0) is 59.8 Å². The van der Waals surface area contributed by atoms with Crippen molar-refractivity contribution in [2.24, 2.45) is 17.8 Å². The van der Waals surface area contributed by atoms with Gasteiger partial charge in [0.05, 0.1) is 0 Å². The van der Waals surface area contributed by atoms with Crippen molar-refractivity contribution < 1.29 is 4.74 Å². The molecule has 124 valence electrons. The molecule has 0 aliphatic heterocycles. The predicted molar refractivity (Wildman–Crippen MR) is 97.1 cm³/mol. The Bertz CT molecular complexity index is 633. The summed E-state index contributed by atoms with van der Waals surface area (Å²) in [7, 11) is 0. The maximum Gasteiger partial charge on any atom is 0.140 e. The number of benzene rings is 1. The van der Waals surface area contributed by atoms with Crippen molar-refractivity contribution in [1.82, 2.24) is 4.98 Å². The van der Waals surface area contributed by atoms with Crippen LogP contribution >= 0.6 is 11.3 Å². The predicted octanol–water partition coefficient (Wildman–Crippen LogP) is 5.68. The van der Waals surface area contributed by atoms with Gasteiger partial charge in [0.2, 0.25) is 0 Å². The molecule has 3 heteroatoms. The van der Waals surface area contributed by atoms with Crippen LogP contribution < -0.4 is 4.74 Å². The number of hydrogen-bond donors (Lipinski definition) is 0. The molecule has 2 aromatic rings. The van der Waals surface area contributed by atoms with E-state index in [-0.39, 0.29) is 0 Å². The van der Waals surface area contributed by atoms with Gasteiger partial charge in [-0.25, -0.2) is 4.98 Å². The first-order valence-electron chi connectivity index (χ1n) is 8.70. The van der Waals surface area contributed by atoms with Crippen LogP contribution in [0, 0.1) is 17.8 Å². The van der Waals surface area contributed by atoms with E-state index in [2.05, 4.69) is 50.9 Å². The molecule has 0 saturated carbocycles. The van der Waals surface area contributed by atoms with Crippen LogP contribution in [0.25, 0.3) is 0 Å². The minimum atomic E-state index is 0.568. The number of thiazole rings is 1. The van der Waals surface area contributed by atoms with Gasteiger partial charge in [0.15, 0.2) is 0 Å². The maximum atomic E-state index is 5.93. The zero-order valence-corrected chi connectivity index (χ0v) is 15.4. The molecule has 0 bridgehead atoms. The number of nitrogens with zero attached hydrogens (tertiary/aromatic N) is 1. The lowest BCUT2D eigenvalue weighted by Crippen LogP contribution is -2.28. The summed E-state index contributed by atoms with van der Waals surface area (Å²) in [6.07, 6.45) is 4.30. The number of fused-ring (bicyclic) bond motifs is 1. The number of hydrogen-bond acceptors (Lipinski definition) is 3. The van der Waals surface area contributed by atoms with E-state index < -0.39 is 0 Å². The van der Waals surface area contributed by atoms with E-state index in [0.717, 1.165) is 22.6 Å². The van der Waals surface area contributed by atoms with Gasteiger partial charge >= 0.3 is 0 Å². The Hall–Kier alpha value is -1.35. The smallest absolute Gasteiger partial charge is 0.140 e. The van der Waals surface area contributed by atoms with Gasteiger partial charge in [0.25, 0.3) is 0 Å². The molecule has 2 atom stereocenters. The number of aryl methyl sites for hydroxylation is 1. The van der Waals surface area contributed by atoms with Gasteiger partial charge in [-0.15, -0.1) is 11.3 Å². The Morgan fingerprint density at radius 1 is 1.22 bits per heavy atom. The van der Waals surface area contributed by atoms with Crippen molar-refractivity contribution in [3.8, 4) is 5.75 Å². The monoisotopic (exact) mass is 329 g/mol. The summed E-state index contributed by atoms with van der Waals surface area (Å²) in [5.41, 5.74) is 3.03. The van der Waals surface area contributed by atoms with Gasteiger partial charge in [-0.1, -0.05) is 33.8 Å². The lowest BCUT2D eigenvalue weighted by Gasteiger charge is -2.39. The maximum absolute atomic E-state index is 5.93. The number of aromatic nitrogens is 1. The zero-order chi connectivity index (χ0) is 16.4. The van der Waals surface area contributed by atoms with E-state index >= 15 is 0 Å². The van der Waals surface area contributed by atoms with Crippen LogP contribution in [0.3, 0.4) is 0 Å². The van der Waals surface area contributed by atoms with E-state index in [1.807, 2.05) is 11.6 Å². The first-order valence-corrected chi connectivity index (χ1v) is 9.58. The van der Waals surface area contributed by atoms with Crippen LogP contribution in [0.2, 0.25) is 0 Å². The summed E-state index contributed by atoms with van der Waals surface area (Å²) in [6, 6.07) is 6.71. The van der Waals surface area contributed by atoms with E-state index in [4.69, 9.17) is 4.74 Å². The summed E-state index contributed by atoms with van der Waals surface area (Å²) in [5.74, 6) is 3.88. The third-order valence-corrected chi connectivity index (χ3v) is 5.86. The molecule has 2 nitrogen and oxygen atoms in total. The van der Waals surface area contributed by atoms with Gasteiger partial charge in [0, 0.05) is 11.6 Å². The highest BCUT2D eigenvalue weighted by Crippen LogP contribution is 2.45. The van der Waals surface area contributed by atoms with Crippen molar-refractivity contribution in [1.29, 1.82) is 0 Å². The third-order valence-electron chi connectivity index (χ3n) is 5.10. The topological polar surface area (TPSA) is 22.1 Å². The van der Waals surface area contributed by atoms with Crippen LogP contribution in [-0.4, -0.2) is 4.98 Å². The number of ether oxygens (including phenoxy) is 1. The van der Waals surface area contributed by atoms with Gasteiger partial charge in [0.1, 0.15) is 17.4 Å². The van der Waals surface area contributed by atoms with Crippen LogP contribution in [0.15, 0.2) is 29.8 Å². The first-order chi connectivity index (χ1) is 11.1. The summed E-state index contributed by atoms with van der Waals surface area (Å²) >= 11 is 1.64. The Balaban J connectivity index is 1.80. The highest BCUT2D eigenvalue weighted by Gasteiger charge is 2.33. The molecule has 1 aliphatic carbocycles. The summed E-state index contributed by atoms with van der Waals surface area (Å²) in [4.78, 5) is 4.28. The molecule has 0 amide bonds.